The van der Waals surface area contributed by atoms with Crippen LogP contribution in [0.5, 0.6) is 0 Å². The molecular weight excluding hydrogens is 301 g/mol. The number of hydrogen-bond acceptors (Lipinski definition) is 2. The molecule has 0 aliphatic carbocycles. The molecule has 0 aliphatic rings. The third-order valence-electron chi connectivity index (χ3n) is 3.03. The number of benzene rings is 1. The van der Waals surface area contributed by atoms with Crippen LogP contribution in [0.1, 0.15) is 17.1 Å². The van der Waals surface area contributed by atoms with Crippen molar-refractivity contribution in [2.75, 3.05) is 0 Å². The minimum atomic E-state index is -0.287. The van der Waals surface area contributed by atoms with E-state index in [-0.39, 0.29) is 5.82 Å². The van der Waals surface area contributed by atoms with E-state index >= 15 is 0 Å². The van der Waals surface area contributed by atoms with Crippen molar-refractivity contribution in [1.29, 1.82) is 0 Å². The molecular formula is C17H11ClFN3. The first kappa shape index (κ1) is 14.3. The number of hydrogen-bond donors (Lipinski definition) is 0. The third-order valence-corrected chi connectivity index (χ3v) is 3.24. The lowest BCUT2D eigenvalue weighted by molar-refractivity contribution is 0.626. The van der Waals surface area contributed by atoms with Crippen LogP contribution in [0.15, 0.2) is 48.8 Å². The Labute approximate surface area is 132 Å². The van der Waals surface area contributed by atoms with Crippen molar-refractivity contribution in [3.8, 4) is 17.5 Å². The van der Waals surface area contributed by atoms with Gasteiger partial charge in [0.1, 0.15) is 22.5 Å². The smallest absolute Gasteiger partial charge is 0.132 e. The van der Waals surface area contributed by atoms with Crippen LogP contribution in [0.2, 0.25) is 5.15 Å². The molecule has 3 rings (SSSR count). The Morgan fingerprint density at radius 1 is 1.18 bits per heavy atom. The summed E-state index contributed by atoms with van der Waals surface area (Å²) in [6, 6.07) is 9.80. The zero-order valence-corrected chi connectivity index (χ0v) is 12.5. The highest BCUT2D eigenvalue weighted by atomic mass is 35.5. The standard InChI is InChI=1S/C17H11ClFN3/c1-12-21-15(6-5-13-7-8-20-17(18)9-13)11-22(12)16-4-2-3-14(19)10-16/h2-4,7-11H,1H3. The second kappa shape index (κ2) is 6.00. The number of rotatable bonds is 1. The maximum Gasteiger partial charge on any atom is 0.132 e. The summed E-state index contributed by atoms with van der Waals surface area (Å²) in [6.07, 6.45) is 3.38. The summed E-state index contributed by atoms with van der Waals surface area (Å²) in [5.41, 5.74) is 2.08. The molecule has 0 unspecified atom stereocenters. The van der Waals surface area contributed by atoms with E-state index in [0.29, 0.717) is 16.5 Å². The minimum absolute atomic E-state index is 0.287. The van der Waals surface area contributed by atoms with Crippen LogP contribution < -0.4 is 0 Å². The summed E-state index contributed by atoms with van der Waals surface area (Å²) < 4.78 is 15.1. The van der Waals surface area contributed by atoms with Crippen molar-refractivity contribution < 1.29 is 4.39 Å². The molecule has 5 heteroatoms. The molecule has 0 atom stereocenters. The van der Waals surface area contributed by atoms with Gasteiger partial charge in [0.05, 0.1) is 0 Å². The number of aromatic nitrogens is 3. The number of aryl methyl sites for hydroxylation is 1. The van der Waals surface area contributed by atoms with Crippen molar-refractivity contribution in [2.24, 2.45) is 0 Å². The molecule has 0 N–H and O–H groups in total. The number of nitrogens with zero attached hydrogens (tertiary/aromatic N) is 3. The predicted molar refractivity (Wildman–Crippen MR) is 83.5 cm³/mol. The Morgan fingerprint density at radius 3 is 2.82 bits per heavy atom. The van der Waals surface area contributed by atoms with Crippen molar-refractivity contribution >= 4 is 11.6 Å². The van der Waals surface area contributed by atoms with Gasteiger partial charge >= 0.3 is 0 Å². The maximum absolute atomic E-state index is 13.3. The van der Waals surface area contributed by atoms with Crippen molar-refractivity contribution in [3.63, 3.8) is 0 Å². The van der Waals surface area contributed by atoms with E-state index in [1.807, 2.05) is 13.0 Å². The van der Waals surface area contributed by atoms with Gasteiger partial charge in [0.25, 0.3) is 0 Å². The lowest BCUT2D eigenvalue weighted by atomic mass is 10.2. The fourth-order valence-corrected chi connectivity index (χ4v) is 2.21. The van der Waals surface area contributed by atoms with Crippen molar-refractivity contribution in [1.82, 2.24) is 14.5 Å². The maximum atomic E-state index is 13.3. The average Bonchev–Trinajstić information content (AvgIpc) is 2.86. The SMILES string of the molecule is Cc1nc(C#Cc2ccnc(Cl)c2)cn1-c1cccc(F)c1. The molecule has 0 saturated carbocycles. The molecule has 3 nitrogen and oxygen atoms in total. The quantitative estimate of drug-likeness (QED) is 0.506. The number of imidazole rings is 1. The Bertz CT molecular complexity index is 890. The van der Waals surface area contributed by atoms with Crippen LogP contribution in [-0.4, -0.2) is 14.5 Å². The highest BCUT2D eigenvalue weighted by molar-refractivity contribution is 6.29. The zero-order valence-electron chi connectivity index (χ0n) is 11.7. The molecule has 0 saturated heterocycles. The summed E-state index contributed by atoms with van der Waals surface area (Å²) in [7, 11) is 0. The van der Waals surface area contributed by atoms with Gasteiger partial charge in [0.15, 0.2) is 0 Å². The highest BCUT2D eigenvalue weighted by Gasteiger charge is 2.05. The average molecular weight is 312 g/mol. The largest absolute Gasteiger partial charge is 0.303 e. The molecule has 3 aromatic rings. The summed E-state index contributed by atoms with van der Waals surface area (Å²) >= 11 is 5.82. The Kier molecular flexibility index (Phi) is 3.90. The molecule has 0 bridgehead atoms. The fourth-order valence-electron chi connectivity index (χ4n) is 2.04. The van der Waals surface area contributed by atoms with E-state index in [9.17, 15) is 4.39 Å². The summed E-state index contributed by atoms with van der Waals surface area (Å²) in [6.45, 7) is 1.85. The van der Waals surface area contributed by atoms with Gasteiger partial charge in [-0.25, -0.2) is 14.4 Å². The van der Waals surface area contributed by atoms with Gasteiger partial charge in [-0.2, -0.15) is 0 Å². The molecule has 0 fully saturated rings. The lowest BCUT2D eigenvalue weighted by Crippen LogP contribution is -1.95. The van der Waals surface area contributed by atoms with E-state index in [1.165, 1.54) is 12.1 Å². The first-order valence-electron chi connectivity index (χ1n) is 6.57. The Hall–Kier alpha value is -2.64. The molecule has 0 amide bonds. The molecule has 0 spiro atoms. The molecule has 108 valence electrons. The molecule has 0 radical (unpaired) electrons. The van der Waals surface area contributed by atoms with E-state index < -0.39 is 0 Å². The van der Waals surface area contributed by atoms with Gasteiger partial charge in [0.2, 0.25) is 0 Å². The topological polar surface area (TPSA) is 30.7 Å². The summed E-state index contributed by atoms with van der Waals surface area (Å²) in [5, 5.41) is 0.397. The zero-order chi connectivity index (χ0) is 15.5. The number of pyridine rings is 1. The molecule has 0 aliphatic heterocycles. The van der Waals surface area contributed by atoms with Gasteiger partial charge in [-0.1, -0.05) is 23.6 Å². The van der Waals surface area contributed by atoms with Gasteiger partial charge in [0, 0.05) is 23.6 Å². The first-order chi connectivity index (χ1) is 10.6. The van der Waals surface area contributed by atoms with Crippen LogP contribution in [0, 0.1) is 24.6 Å². The van der Waals surface area contributed by atoms with E-state index in [4.69, 9.17) is 11.6 Å². The Balaban J connectivity index is 1.93. The summed E-state index contributed by atoms with van der Waals surface area (Å²) in [4.78, 5) is 8.28. The van der Waals surface area contributed by atoms with E-state index in [2.05, 4.69) is 21.8 Å². The molecule has 2 aromatic heterocycles. The van der Waals surface area contributed by atoms with Crippen LogP contribution in [0.3, 0.4) is 0 Å². The van der Waals surface area contributed by atoms with Crippen LogP contribution in [0.4, 0.5) is 4.39 Å². The Morgan fingerprint density at radius 2 is 2.05 bits per heavy atom. The second-order valence-corrected chi connectivity index (χ2v) is 5.03. The number of halogens is 2. The normalized spacial score (nSPS) is 10.1. The summed E-state index contributed by atoms with van der Waals surface area (Å²) in [5.74, 6) is 6.40. The van der Waals surface area contributed by atoms with Gasteiger partial charge in [-0.05, 0) is 43.2 Å². The fraction of sp³-hybridized carbons (Fsp3) is 0.0588. The van der Waals surface area contributed by atoms with Crippen molar-refractivity contribution in [3.05, 3.63) is 76.8 Å². The van der Waals surface area contributed by atoms with Gasteiger partial charge < -0.3 is 4.57 Å². The molecule has 22 heavy (non-hydrogen) atoms. The third kappa shape index (κ3) is 3.16. The highest BCUT2D eigenvalue weighted by Crippen LogP contribution is 2.13. The van der Waals surface area contributed by atoms with Crippen LogP contribution in [0.25, 0.3) is 5.69 Å². The first-order valence-corrected chi connectivity index (χ1v) is 6.95. The van der Waals surface area contributed by atoms with Gasteiger partial charge in [-0.3, -0.25) is 0 Å². The van der Waals surface area contributed by atoms with Crippen LogP contribution >= 0.6 is 11.6 Å². The van der Waals surface area contributed by atoms with Crippen LogP contribution in [-0.2, 0) is 0 Å². The van der Waals surface area contributed by atoms with E-state index in [1.54, 1.807) is 35.2 Å². The van der Waals surface area contributed by atoms with Gasteiger partial charge in [-0.15, -0.1) is 0 Å². The predicted octanol–water partition coefficient (Wildman–Crippen LogP) is 3.77. The minimum Gasteiger partial charge on any atom is -0.303 e. The second-order valence-electron chi connectivity index (χ2n) is 4.64. The monoisotopic (exact) mass is 311 g/mol. The lowest BCUT2D eigenvalue weighted by Gasteiger charge is -2.03. The van der Waals surface area contributed by atoms with Crippen molar-refractivity contribution in [2.45, 2.75) is 6.92 Å². The molecule has 2 heterocycles. The van der Waals surface area contributed by atoms with E-state index in [0.717, 1.165) is 11.4 Å². The molecule has 1 aromatic carbocycles.